The minimum Gasteiger partial charge on any atom is -0.483 e. The molecule has 0 saturated carbocycles. The number of carbonyl (C=O) groups is 1. The van der Waals surface area contributed by atoms with Crippen molar-refractivity contribution >= 4 is 15.9 Å². The van der Waals surface area contributed by atoms with Gasteiger partial charge in [0, 0.05) is 26.7 Å². The molecular formula is C21H28N2O4S. The van der Waals surface area contributed by atoms with Gasteiger partial charge in [0.05, 0.1) is 4.90 Å². The Morgan fingerprint density at radius 3 is 2.25 bits per heavy atom. The zero-order chi connectivity index (χ0) is 20.7. The van der Waals surface area contributed by atoms with Crippen LogP contribution in [0, 0.1) is 6.92 Å². The Morgan fingerprint density at radius 1 is 1.04 bits per heavy atom. The standard InChI is InChI=1S/C21H28N2O4S/c1-5-23(6-2)28(25,26)19-12-13-20(17(3)14-19)27-16-21(24)22(4)15-18-10-8-7-9-11-18/h7-14H,5-6,15-16H2,1-4H3. The number of hydrogen-bond donors (Lipinski definition) is 0. The number of likely N-dealkylation sites (N-methyl/N-ethyl adjacent to an activating group) is 1. The van der Waals surface area contributed by atoms with E-state index in [-0.39, 0.29) is 17.4 Å². The van der Waals surface area contributed by atoms with Gasteiger partial charge in [-0.25, -0.2) is 8.42 Å². The molecule has 0 aromatic heterocycles. The topological polar surface area (TPSA) is 66.9 Å². The molecule has 0 heterocycles. The van der Waals surface area contributed by atoms with Crippen LogP contribution >= 0.6 is 0 Å². The smallest absolute Gasteiger partial charge is 0.260 e. The molecule has 0 spiro atoms. The van der Waals surface area contributed by atoms with Crippen LogP contribution in [-0.2, 0) is 21.4 Å². The highest BCUT2D eigenvalue weighted by atomic mass is 32.2. The second kappa shape index (κ2) is 9.71. The highest BCUT2D eigenvalue weighted by Crippen LogP contribution is 2.24. The predicted octanol–water partition coefficient (Wildman–Crippen LogP) is 3.06. The summed E-state index contributed by atoms with van der Waals surface area (Å²) >= 11 is 0. The van der Waals surface area contributed by atoms with Crippen molar-refractivity contribution in [3.05, 3.63) is 59.7 Å². The van der Waals surface area contributed by atoms with Crippen molar-refractivity contribution in [3.63, 3.8) is 0 Å². The minimum atomic E-state index is -3.52. The van der Waals surface area contributed by atoms with E-state index in [1.807, 2.05) is 44.2 Å². The average molecular weight is 405 g/mol. The van der Waals surface area contributed by atoms with E-state index in [0.29, 0.717) is 30.9 Å². The number of carbonyl (C=O) groups excluding carboxylic acids is 1. The fourth-order valence-corrected chi connectivity index (χ4v) is 4.40. The van der Waals surface area contributed by atoms with E-state index in [9.17, 15) is 13.2 Å². The molecule has 0 aliphatic carbocycles. The van der Waals surface area contributed by atoms with Crippen LogP contribution in [0.5, 0.6) is 5.75 Å². The van der Waals surface area contributed by atoms with Gasteiger partial charge in [0.1, 0.15) is 5.75 Å². The fourth-order valence-electron chi connectivity index (χ4n) is 2.85. The predicted molar refractivity (Wildman–Crippen MR) is 110 cm³/mol. The summed E-state index contributed by atoms with van der Waals surface area (Å²) in [5.74, 6) is 0.350. The number of sulfonamides is 1. The number of rotatable bonds is 9. The van der Waals surface area contributed by atoms with Gasteiger partial charge in [-0.2, -0.15) is 4.31 Å². The summed E-state index contributed by atoms with van der Waals surface area (Å²) < 4.78 is 32.3. The quantitative estimate of drug-likeness (QED) is 0.644. The SMILES string of the molecule is CCN(CC)S(=O)(=O)c1ccc(OCC(=O)N(C)Cc2ccccc2)c(C)c1. The first-order chi connectivity index (χ1) is 13.3. The lowest BCUT2D eigenvalue weighted by atomic mass is 10.2. The van der Waals surface area contributed by atoms with E-state index >= 15 is 0 Å². The van der Waals surface area contributed by atoms with E-state index < -0.39 is 10.0 Å². The van der Waals surface area contributed by atoms with Crippen LogP contribution in [0.25, 0.3) is 0 Å². The average Bonchev–Trinajstić information content (AvgIpc) is 2.68. The maximum Gasteiger partial charge on any atom is 0.260 e. The third kappa shape index (κ3) is 5.33. The molecule has 2 aromatic carbocycles. The Kier molecular flexibility index (Phi) is 7.60. The molecule has 1 amide bonds. The lowest BCUT2D eigenvalue weighted by molar-refractivity contribution is -0.132. The van der Waals surface area contributed by atoms with E-state index in [1.165, 1.54) is 10.4 Å². The van der Waals surface area contributed by atoms with Crippen LogP contribution in [-0.4, -0.2) is 50.3 Å². The molecule has 0 aliphatic rings. The van der Waals surface area contributed by atoms with Crippen LogP contribution in [0.4, 0.5) is 0 Å². The molecule has 0 atom stereocenters. The first kappa shape index (κ1) is 21.9. The van der Waals surface area contributed by atoms with Crippen LogP contribution in [0.1, 0.15) is 25.0 Å². The van der Waals surface area contributed by atoms with Gasteiger partial charge in [0.15, 0.2) is 6.61 Å². The Bertz CT molecular complexity index is 894. The van der Waals surface area contributed by atoms with Gasteiger partial charge in [-0.3, -0.25) is 4.79 Å². The Labute approximate surface area is 167 Å². The third-order valence-corrected chi connectivity index (χ3v) is 6.57. The normalized spacial score (nSPS) is 11.5. The summed E-state index contributed by atoms with van der Waals surface area (Å²) in [6.07, 6.45) is 0. The van der Waals surface area contributed by atoms with E-state index in [1.54, 1.807) is 31.0 Å². The lowest BCUT2D eigenvalue weighted by Crippen LogP contribution is -2.31. The van der Waals surface area contributed by atoms with Crippen LogP contribution in [0.3, 0.4) is 0 Å². The first-order valence-corrected chi connectivity index (χ1v) is 10.7. The van der Waals surface area contributed by atoms with Crippen molar-refractivity contribution in [2.45, 2.75) is 32.2 Å². The van der Waals surface area contributed by atoms with Crippen molar-refractivity contribution < 1.29 is 17.9 Å². The zero-order valence-corrected chi connectivity index (χ0v) is 17.7. The molecule has 0 bridgehead atoms. The second-order valence-corrected chi connectivity index (χ2v) is 8.48. The summed E-state index contributed by atoms with van der Waals surface area (Å²) in [7, 11) is -1.79. The van der Waals surface area contributed by atoms with Gasteiger partial charge in [-0.05, 0) is 36.2 Å². The van der Waals surface area contributed by atoms with Gasteiger partial charge in [0.2, 0.25) is 10.0 Å². The molecule has 2 aromatic rings. The number of amides is 1. The van der Waals surface area contributed by atoms with Gasteiger partial charge < -0.3 is 9.64 Å². The van der Waals surface area contributed by atoms with Crippen molar-refractivity contribution in [2.24, 2.45) is 0 Å². The summed E-state index contributed by atoms with van der Waals surface area (Å²) in [6, 6.07) is 14.4. The van der Waals surface area contributed by atoms with E-state index in [0.717, 1.165) is 5.56 Å². The van der Waals surface area contributed by atoms with Crippen molar-refractivity contribution in [2.75, 3.05) is 26.7 Å². The number of ether oxygens (including phenoxy) is 1. The summed E-state index contributed by atoms with van der Waals surface area (Å²) in [6.45, 7) is 6.62. The fraction of sp³-hybridized carbons (Fsp3) is 0.381. The minimum absolute atomic E-state index is 0.105. The second-order valence-electron chi connectivity index (χ2n) is 6.54. The molecule has 0 radical (unpaired) electrons. The third-order valence-electron chi connectivity index (χ3n) is 4.53. The number of nitrogens with zero attached hydrogens (tertiary/aromatic N) is 2. The highest BCUT2D eigenvalue weighted by Gasteiger charge is 2.22. The molecule has 152 valence electrons. The van der Waals surface area contributed by atoms with Crippen LogP contribution in [0.2, 0.25) is 0 Å². The summed E-state index contributed by atoms with van der Waals surface area (Å²) in [4.78, 5) is 14.2. The monoisotopic (exact) mass is 404 g/mol. The number of aryl methyl sites for hydroxylation is 1. The Morgan fingerprint density at radius 2 is 1.68 bits per heavy atom. The maximum atomic E-state index is 12.6. The summed E-state index contributed by atoms with van der Waals surface area (Å²) in [5, 5.41) is 0. The largest absolute Gasteiger partial charge is 0.483 e. The van der Waals surface area contributed by atoms with E-state index in [4.69, 9.17) is 4.74 Å². The van der Waals surface area contributed by atoms with E-state index in [2.05, 4.69) is 0 Å². The highest BCUT2D eigenvalue weighted by molar-refractivity contribution is 7.89. The Balaban J connectivity index is 2.02. The Hall–Kier alpha value is -2.38. The molecule has 0 fully saturated rings. The van der Waals surface area contributed by atoms with Gasteiger partial charge in [0.25, 0.3) is 5.91 Å². The summed E-state index contributed by atoms with van der Waals surface area (Å²) in [5.41, 5.74) is 1.72. The first-order valence-electron chi connectivity index (χ1n) is 9.31. The maximum absolute atomic E-state index is 12.6. The van der Waals surface area contributed by atoms with Crippen molar-refractivity contribution in [1.82, 2.24) is 9.21 Å². The molecule has 2 rings (SSSR count). The number of benzene rings is 2. The zero-order valence-electron chi connectivity index (χ0n) is 16.9. The lowest BCUT2D eigenvalue weighted by Gasteiger charge is -2.20. The number of hydrogen-bond acceptors (Lipinski definition) is 4. The molecule has 28 heavy (non-hydrogen) atoms. The van der Waals surface area contributed by atoms with Crippen LogP contribution in [0.15, 0.2) is 53.4 Å². The molecule has 0 N–H and O–H groups in total. The van der Waals surface area contributed by atoms with Crippen molar-refractivity contribution in [3.8, 4) is 5.75 Å². The van der Waals surface area contributed by atoms with Crippen LogP contribution < -0.4 is 4.74 Å². The molecular weight excluding hydrogens is 376 g/mol. The molecule has 0 saturated heterocycles. The molecule has 0 aliphatic heterocycles. The molecule has 7 heteroatoms. The van der Waals surface area contributed by atoms with Gasteiger partial charge >= 0.3 is 0 Å². The van der Waals surface area contributed by atoms with Crippen molar-refractivity contribution in [1.29, 1.82) is 0 Å². The van der Waals surface area contributed by atoms with Gasteiger partial charge in [-0.15, -0.1) is 0 Å². The molecule has 0 unspecified atom stereocenters. The molecule has 6 nitrogen and oxygen atoms in total. The van der Waals surface area contributed by atoms with Gasteiger partial charge in [-0.1, -0.05) is 44.2 Å².